The molecule has 1 aliphatic heterocycles. The summed E-state index contributed by atoms with van der Waals surface area (Å²) < 4.78 is 0. The number of anilines is 1. The summed E-state index contributed by atoms with van der Waals surface area (Å²) in [6, 6.07) is 5.19. The molecule has 0 amide bonds. The van der Waals surface area contributed by atoms with Crippen molar-refractivity contribution in [2.75, 3.05) is 11.9 Å². The minimum Gasteiger partial charge on any atom is -0.508 e. The van der Waals surface area contributed by atoms with Gasteiger partial charge < -0.3 is 15.5 Å². The molecular formula is C12H15NO3. The van der Waals surface area contributed by atoms with E-state index in [1.54, 1.807) is 12.1 Å². The van der Waals surface area contributed by atoms with Crippen molar-refractivity contribution in [3.63, 3.8) is 0 Å². The van der Waals surface area contributed by atoms with Crippen LogP contribution in [0.15, 0.2) is 18.2 Å². The predicted molar refractivity (Wildman–Crippen MR) is 60.7 cm³/mol. The van der Waals surface area contributed by atoms with Crippen molar-refractivity contribution in [1.29, 1.82) is 0 Å². The van der Waals surface area contributed by atoms with Crippen LogP contribution in [-0.4, -0.2) is 22.7 Å². The smallest absolute Gasteiger partial charge is 0.303 e. The molecular weight excluding hydrogens is 206 g/mol. The summed E-state index contributed by atoms with van der Waals surface area (Å²) in [6.07, 6.45) is 1.75. The molecule has 0 aliphatic carbocycles. The highest BCUT2D eigenvalue weighted by Crippen LogP contribution is 2.28. The summed E-state index contributed by atoms with van der Waals surface area (Å²) in [5.41, 5.74) is 2.01. The highest BCUT2D eigenvalue weighted by molar-refractivity contribution is 5.67. The van der Waals surface area contributed by atoms with Gasteiger partial charge >= 0.3 is 5.97 Å². The second-order valence-corrected chi connectivity index (χ2v) is 4.22. The van der Waals surface area contributed by atoms with E-state index in [0.717, 1.165) is 24.2 Å². The van der Waals surface area contributed by atoms with E-state index in [1.165, 1.54) is 0 Å². The van der Waals surface area contributed by atoms with Crippen molar-refractivity contribution >= 4 is 11.7 Å². The van der Waals surface area contributed by atoms with Crippen LogP contribution >= 0.6 is 0 Å². The number of phenols is 1. The topological polar surface area (TPSA) is 69.6 Å². The number of carbonyl (C=O) groups is 1. The summed E-state index contributed by atoms with van der Waals surface area (Å²) >= 11 is 0. The molecule has 0 saturated heterocycles. The van der Waals surface area contributed by atoms with Crippen molar-refractivity contribution in [2.45, 2.75) is 19.3 Å². The number of benzene rings is 1. The Hall–Kier alpha value is -1.71. The lowest BCUT2D eigenvalue weighted by atomic mass is 9.94. The van der Waals surface area contributed by atoms with Gasteiger partial charge in [0.1, 0.15) is 5.75 Å². The lowest BCUT2D eigenvalue weighted by Gasteiger charge is -2.11. The Morgan fingerprint density at radius 1 is 1.50 bits per heavy atom. The number of rotatable bonds is 2. The predicted octanol–water partition coefficient (Wildman–Crippen LogP) is 1.84. The SMILES string of the molecule is O=C(O)CC1CCNc2ccc(O)cc2C1. The number of nitrogens with one attached hydrogen (secondary N) is 1. The molecule has 1 atom stereocenters. The Kier molecular flexibility index (Phi) is 2.99. The maximum atomic E-state index is 10.7. The van der Waals surface area contributed by atoms with E-state index in [9.17, 15) is 9.90 Å². The zero-order valence-electron chi connectivity index (χ0n) is 8.94. The van der Waals surface area contributed by atoms with Gasteiger partial charge in [0.15, 0.2) is 0 Å². The first-order valence-electron chi connectivity index (χ1n) is 5.42. The van der Waals surface area contributed by atoms with Gasteiger partial charge in [-0.05, 0) is 42.5 Å². The van der Waals surface area contributed by atoms with Crippen LogP contribution in [-0.2, 0) is 11.2 Å². The monoisotopic (exact) mass is 221 g/mol. The van der Waals surface area contributed by atoms with Gasteiger partial charge in [0.05, 0.1) is 0 Å². The Morgan fingerprint density at radius 2 is 2.31 bits per heavy atom. The second kappa shape index (κ2) is 4.43. The molecule has 1 aromatic rings. The fourth-order valence-electron chi connectivity index (χ4n) is 2.17. The van der Waals surface area contributed by atoms with Gasteiger partial charge in [0.25, 0.3) is 0 Å². The Morgan fingerprint density at radius 3 is 3.06 bits per heavy atom. The van der Waals surface area contributed by atoms with Crippen molar-refractivity contribution in [3.05, 3.63) is 23.8 Å². The average Bonchev–Trinajstić information content (AvgIpc) is 2.37. The Balaban J connectivity index is 2.19. The lowest BCUT2D eigenvalue weighted by molar-refractivity contribution is -0.138. The zero-order valence-corrected chi connectivity index (χ0v) is 8.94. The van der Waals surface area contributed by atoms with Crippen LogP contribution in [0.5, 0.6) is 5.75 Å². The number of carboxylic acid groups (broad SMARTS) is 1. The number of phenolic OH excluding ortho intramolecular Hbond substituents is 1. The molecule has 0 aromatic heterocycles. The highest BCUT2D eigenvalue weighted by atomic mass is 16.4. The van der Waals surface area contributed by atoms with Gasteiger partial charge in [0.2, 0.25) is 0 Å². The number of hydrogen-bond donors (Lipinski definition) is 3. The van der Waals surface area contributed by atoms with Crippen LogP contribution in [0.3, 0.4) is 0 Å². The van der Waals surface area contributed by atoms with Crippen molar-refractivity contribution in [2.24, 2.45) is 5.92 Å². The van der Waals surface area contributed by atoms with E-state index in [2.05, 4.69) is 5.32 Å². The van der Waals surface area contributed by atoms with Crippen LogP contribution in [0.4, 0.5) is 5.69 Å². The molecule has 4 heteroatoms. The lowest BCUT2D eigenvalue weighted by Crippen LogP contribution is -2.11. The van der Waals surface area contributed by atoms with E-state index in [0.29, 0.717) is 6.42 Å². The summed E-state index contributed by atoms with van der Waals surface area (Å²) in [7, 11) is 0. The highest BCUT2D eigenvalue weighted by Gasteiger charge is 2.19. The van der Waals surface area contributed by atoms with Crippen LogP contribution in [0.25, 0.3) is 0 Å². The number of hydrogen-bond acceptors (Lipinski definition) is 3. The van der Waals surface area contributed by atoms with Gasteiger partial charge in [-0.1, -0.05) is 0 Å². The molecule has 1 unspecified atom stereocenters. The van der Waals surface area contributed by atoms with Gasteiger partial charge in [0, 0.05) is 18.7 Å². The molecule has 0 spiro atoms. The normalized spacial score (nSPS) is 19.4. The minimum absolute atomic E-state index is 0.146. The first-order chi connectivity index (χ1) is 7.65. The van der Waals surface area contributed by atoms with Gasteiger partial charge in [-0.25, -0.2) is 0 Å². The maximum absolute atomic E-state index is 10.7. The molecule has 0 saturated carbocycles. The van der Waals surface area contributed by atoms with Crippen LogP contribution in [0, 0.1) is 5.92 Å². The van der Waals surface area contributed by atoms with Gasteiger partial charge in [-0.3, -0.25) is 4.79 Å². The molecule has 1 aliphatic rings. The maximum Gasteiger partial charge on any atom is 0.303 e. The van der Waals surface area contributed by atoms with E-state index in [-0.39, 0.29) is 18.1 Å². The summed E-state index contributed by atoms with van der Waals surface area (Å²) in [6.45, 7) is 0.787. The molecule has 4 nitrogen and oxygen atoms in total. The van der Waals surface area contributed by atoms with E-state index < -0.39 is 5.97 Å². The van der Waals surface area contributed by atoms with Crippen molar-refractivity contribution in [1.82, 2.24) is 0 Å². The molecule has 0 radical (unpaired) electrons. The molecule has 16 heavy (non-hydrogen) atoms. The zero-order chi connectivity index (χ0) is 11.5. The quantitative estimate of drug-likeness (QED) is 0.666. The van der Waals surface area contributed by atoms with Crippen LogP contribution in [0.2, 0.25) is 0 Å². The first kappa shape index (κ1) is 10.8. The van der Waals surface area contributed by atoms with Gasteiger partial charge in [-0.15, -0.1) is 0 Å². The Bertz CT molecular complexity index is 403. The molecule has 0 fully saturated rings. The van der Waals surface area contributed by atoms with Crippen molar-refractivity contribution in [3.8, 4) is 5.75 Å². The van der Waals surface area contributed by atoms with Crippen molar-refractivity contribution < 1.29 is 15.0 Å². The second-order valence-electron chi connectivity index (χ2n) is 4.22. The molecule has 1 heterocycles. The third-order valence-electron chi connectivity index (χ3n) is 2.93. The molecule has 1 aromatic carbocycles. The Labute approximate surface area is 93.9 Å². The fourth-order valence-corrected chi connectivity index (χ4v) is 2.17. The fraction of sp³-hybridized carbons (Fsp3) is 0.417. The van der Waals surface area contributed by atoms with E-state index in [1.807, 2.05) is 6.07 Å². The molecule has 86 valence electrons. The molecule has 0 bridgehead atoms. The average molecular weight is 221 g/mol. The summed E-state index contributed by atoms with van der Waals surface area (Å²) in [4.78, 5) is 10.7. The molecule has 3 N–H and O–H groups in total. The van der Waals surface area contributed by atoms with Crippen LogP contribution in [0.1, 0.15) is 18.4 Å². The van der Waals surface area contributed by atoms with E-state index in [4.69, 9.17) is 5.11 Å². The number of fused-ring (bicyclic) bond motifs is 1. The van der Waals surface area contributed by atoms with E-state index >= 15 is 0 Å². The number of aliphatic carboxylic acids is 1. The third-order valence-corrected chi connectivity index (χ3v) is 2.93. The number of aromatic hydroxyl groups is 1. The summed E-state index contributed by atoms with van der Waals surface area (Å²) in [5.74, 6) is -0.377. The summed E-state index contributed by atoms with van der Waals surface area (Å²) in [5, 5.41) is 21.4. The standard InChI is InChI=1S/C12H15NO3/c14-10-1-2-11-9(7-10)5-8(3-4-13-11)6-12(15)16/h1-2,7-8,13-14H,3-6H2,(H,15,16). The number of carboxylic acids is 1. The van der Waals surface area contributed by atoms with Gasteiger partial charge in [-0.2, -0.15) is 0 Å². The first-order valence-corrected chi connectivity index (χ1v) is 5.42. The van der Waals surface area contributed by atoms with Crippen LogP contribution < -0.4 is 5.32 Å². The third kappa shape index (κ3) is 2.45. The molecule has 2 rings (SSSR count). The largest absolute Gasteiger partial charge is 0.508 e. The minimum atomic E-state index is -0.756.